The van der Waals surface area contributed by atoms with Crippen LogP contribution in [0.3, 0.4) is 0 Å². The minimum atomic E-state index is 0.245. The van der Waals surface area contributed by atoms with E-state index in [0.717, 1.165) is 42.2 Å². The highest BCUT2D eigenvalue weighted by atomic mass is 32.1. The van der Waals surface area contributed by atoms with Crippen molar-refractivity contribution in [3.05, 3.63) is 35.5 Å². The van der Waals surface area contributed by atoms with Crippen LogP contribution in [0.1, 0.15) is 45.7 Å². The average Bonchev–Trinajstić information content (AvgIpc) is 2.99. The van der Waals surface area contributed by atoms with Crippen LogP contribution in [0.25, 0.3) is 10.7 Å². The van der Waals surface area contributed by atoms with Crippen LogP contribution in [0.4, 0.5) is 0 Å². The predicted molar refractivity (Wildman–Crippen MR) is 85.8 cm³/mol. The first kappa shape index (κ1) is 15.1. The highest BCUT2D eigenvalue weighted by molar-refractivity contribution is 7.13. The molecule has 2 rings (SSSR count). The van der Waals surface area contributed by atoms with Gasteiger partial charge in [-0.2, -0.15) is 0 Å². The van der Waals surface area contributed by atoms with Gasteiger partial charge in [0.1, 0.15) is 5.01 Å². The standard InChI is InChI=1S/C16H23N3S/c1-4-16(5-2,6-3)18-11-13-12-20-15(19-13)14-9-7-8-10-17-14/h7-10,12,18H,4-6,11H2,1-3H3. The highest BCUT2D eigenvalue weighted by Crippen LogP contribution is 2.23. The van der Waals surface area contributed by atoms with E-state index in [9.17, 15) is 0 Å². The molecule has 0 aliphatic heterocycles. The van der Waals surface area contributed by atoms with Gasteiger partial charge in [0.05, 0.1) is 11.4 Å². The van der Waals surface area contributed by atoms with Gasteiger partial charge in [-0.05, 0) is 31.4 Å². The smallest absolute Gasteiger partial charge is 0.142 e. The Hall–Kier alpha value is -1.26. The molecule has 0 atom stereocenters. The molecule has 3 nitrogen and oxygen atoms in total. The molecule has 0 aromatic carbocycles. The Labute approximate surface area is 125 Å². The molecule has 0 saturated heterocycles. The van der Waals surface area contributed by atoms with Crippen molar-refractivity contribution in [2.24, 2.45) is 0 Å². The molecule has 0 amide bonds. The van der Waals surface area contributed by atoms with E-state index in [1.54, 1.807) is 11.3 Å². The normalized spacial score (nSPS) is 11.8. The molecule has 0 spiro atoms. The zero-order valence-electron chi connectivity index (χ0n) is 12.5. The van der Waals surface area contributed by atoms with Gasteiger partial charge in [-0.3, -0.25) is 4.98 Å². The topological polar surface area (TPSA) is 37.8 Å². The van der Waals surface area contributed by atoms with E-state index in [4.69, 9.17) is 0 Å². The summed E-state index contributed by atoms with van der Waals surface area (Å²) >= 11 is 1.66. The van der Waals surface area contributed by atoms with Crippen molar-refractivity contribution in [2.75, 3.05) is 0 Å². The molecule has 20 heavy (non-hydrogen) atoms. The van der Waals surface area contributed by atoms with Crippen LogP contribution in [0.2, 0.25) is 0 Å². The molecule has 108 valence electrons. The second-order valence-corrected chi connectivity index (χ2v) is 5.91. The van der Waals surface area contributed by atoms with Gasteiger partial charge in [0, 0.05) is 23.7 Å². The lowest BCUT2D eigenvalue weighted by Gasteiger charge is -2.31. The van der Waals surface area contributed by atoms with Crippen molar-refractivity contribution >= 4 is 11.3 Å². The molecule has 2 aromatic rings. The molecular weight excluding hydrogens is 266 g/mol. The second-order valence-electron chi connectivity index (χ2n) is 5.05. The average molecular weight is 289 g/mol. The van der Waals surface area contributed by atoms with Gasteiger partial charge >= 0.3 is 0 Å². The van der Waals surface area contributed by atoms with Crippen molar-refractivity contribution < 1.29 is 0 Å². The van der Waals surface area contributed by atoms with Gasteiger partial charge in [-0.25, -0.2) is 4.98 Å². The van der Waals surface area contributed by atoms with Crippen LogP contribution >= 0.6 is 11.3 Å². The van der Waals surface area contributed by atoms with E-state index >= 15 is 0 Å². The Morgan fingerprint density at radius 1 is 1.15 bits per heavy atom. The number of hydrogen-bond donors (Lipinski definition) is 1. The summed E-state index contributed by atoms with van der Waals surface area (Å²) in [5.74, 6) is 0. The summed E-state index contributed by atoms with van der Waals surface area (Å²) in [6, 6.07) is 5.93. The lowest BCUT2D eigenvalue weighted by molar-refractivity contribution is 0.287. The first-order valence-electron chi connectivity index (χ1n) is 7.34. The third kappa shape index (κ3) is 3.44. The lowest BCUT2D eigenvalue weighted by atomic mass is 9.90. The molecule has 0 aliphatic carbocycles. The lowest BCUT2D eigenvalue weighted by Crippen LogP contribution is -2.43. The third-order valence-corrected chi connectivity index (χ3v) is 5.02. The molecule has 0 unspecified atom stereocenters. The van der Waals surface area contributed by atoms with Crippen molar-refractivity contribution in [2.45, 2.75) is 52.1 Å². The summed E-state index contributed by atoms with van der Waals surface area (Å²) in [4.78, 5) is 9.03. The summed E-state index contributed by atoms with van der Waals surface area (Å²) in [5, 5.41) is 6.81. The number of aromatic nitrogens is 2. The van der Waals surface area contributed by atoms with Gasteiger partial charge in [0.15, 0.2) is 0 Å². The summed E-state index contributed by atoms with van der Waals surface area (Å²) in [6.07, 6.45) is 5.26. The van der Waals surface area contributed by atoms with Gasteiger partial charge in [-0.1, -0.05) is 26.8 Å². The molecular formula is C16H23N3S. The van der Waals surface area contributed by atoms with Gasteiger partial charge in [0.2, 0.25) is 0 Å². The van der Waals surface area contributed by atoms with Crippen molar-refractivity contribution in [1.82, 2.24) is 15.3 Å². The molecule has 4 heteroatoms. The Bertz CT molecular complexity index is 509. The zero-order chi connectivity index (χ0) is 14.4. The van der Waals surface area contributed by atoms with Gasteiger partial charge in [0.25, 0.3) is 0 Å². The Kier molecular flexibility index (Phi) is 5.26. The summed E-state index contributed by atoms with van der Waals surface area (Å²) in [5.41, 5.74) is 2.31. The van der Waals surface area contributed by atoms with E-state index in [2.05, 4.69) is 41.4 Å². The molecule has 0 saturated carbocycles. The number of nitrogens with zero attached hydrogens (tertiary/aromatic N) is 2. The number of pyridine rings is 1. The summed E-state index contributed by atoms with van der Waals surface area (Å²) < 4.78 is 0. The van der Waals surface area contributed by atoms with Crippen LogP contribution in [0, 0.1) is 0 Å². The minimum Gasteiger partial charge on any atom is -0.306 e. The summed E-state index contributed by atoms with van der Waals surface area (Å²) in [7, 11) is 0. The van der Waals surface area contributed by atoms with Crippen LogP contribution < -0.4 is 5.32 Å². The fraction of sp³-hybridized carbons (Fsp3) is 0.500. The van der Waals surface area contributed by atoms with Crippen molar-refractivity contribution in [1.29, 1.82) is 0 Å². The predicted octanol–water partition coefficient (Wildman–Crippen LogP) is 4.26. The molecule has 0 aliphatic rings. The fourth-order valence-corrected chi connectivity index (χ4v) is 3.19. The molecule has 2 heterocycles. The van der Waals surface area contributed by atoms with E-state index in [-0.39, 0.29) is 5.54 Å². The number of nitrogens with one attached hydrogen (secondary N) is 1. The van der Waals surface area contributed by atoms with Crippen LogP contribution in [-0.4, -0.2) is 15.5 Å². The first-order chi connectivity index (χ1) is 9.73. The largest absolute Gasteiger partial charge is 0.306 e. The van der Waals surface area contributed by atoms with Crippen molar-refractivity contribution in [3.63, 3.8) is 0 Å². The van der Waals surface area contributed by atoms with E-state index in [0.29, 0.717) is 0 Å². The number of hydrogen-bond acceptors (Lipinski definition) is 4. The van der Waals surface area contributed by atoms with Crippen LogP contribution in [0.15, 0.2) is 29.8 Å². The maximum Gasteiger partial charge on any atom is 0.142 e. The summed E-state index contributed by atoms with van der Waals surface area (Å²) in [6.45, 7) is 7.58. The minimum absolute atomic E-state index is 0.245. The molecule has 2 aromatic heterocycles. The Morgan fingerprint density at radius 3 is 2.50 bits per heavy atom. The van der Waals surface area contributed by atoms with E-state index in [1.165, 1.54) is 0 Å². The third-order valence-electron chi connectivity index (χ3n) is 4.11. The Balaban J connectivity index is 2.03. The van der Waals surface area contributed by atoms with E-state index in [1.807, 2.05) is 24.4 Å². The highest BCUT2D eigenvalue weighted by Gasteiger charge is 2.23. The zero-order valence-corrected chi connectivity index (χ0v) is 13.3. The molecule has 1 N–H and O–H groups in total. The number of thiazole rings is 1. The maximum absolute atomic E-state index is 4.68. The van der Waals surface area contributed by atoms with Crippen LogP contribution in [-0.2, 0) is 6.54 Å². The maximum atomic E-state index is 4.68. The quantitative estimate of drug-likeness (QED) is 0.827. The SMILES string of the molecule is CCC(CC)(CC)NCc1csc(-c2ccccn2)n1. The Morgan fingerprint density at radius 2 is 1.90 bits per heavy atom. The van der Waals surface area contributed by atoms with E-state index < -0.39 is 0 Å². The second kappa shape index (κ2) is 6.95. The van der Waals surface area contributed by atoms with Gasteiger partial charge < -0.3 is 5.32 Å². The molecule has 0 radical (unpaired) electrons. The molecule has 0 bridgehead atoms. The van der Waals surface area contributed by atoms with Crippen molar-refractivity contribution in [3.8, 4) is 10.7 Å². The van der Waals surface area contributed by atoms with Crippen LogP contribution in [0.5, 0.6) is 0 Å². The molecule has 0 fully saturated rings. The van der Waals surface area contributed by atoms with Gasteiger partial charge in [-0.15, -0.1) is 11.3 Å². The monoisotopic (exact) mass is 289 g/mol. The fourth-order valence-electron chi connectivity index (χ4n) is 2.40. The number of rotatable bonds is 7. The first-order valence-corrected chi connectivity index (χ1v) is 8.21.